The van der Waals surface area contributed by atoms with Gasteiger partial charge in [-0.05, 0) is 33.2 Å². The summed E-state index contributed by atoms with van der Waals surface area (Å²) in [5.74, 6) is 0.220. The summed E-state index contributed by atoms with van der Waals surface area (Å²) in [7, 11) is 0. The fourth-order valence-corrected chi connectivity index (χ4v) is 1.79. The summed E-state index contributed by atoms with van der Waals surface area (Å²) >= 11 is 0. The Kier molecular flexibility index (Phi) is 4.14. The zero-order valence-corrected chi connectivity index (χ0v) is 9.12. The molecule has 80 valence electrons. The van der Waals surface area contributed by atoms with Crippen LogP contribution in [0, 0.1) is 0 Å². The lowest BCUT2D eigenvalue weighted by Crippen LogP contribution is -2.46. The van der Waals surface area contributed by atoms with Crippen molar-refractivity contribution in [1.29, 1.82) is 0 Å². The Morgan fingerprint density at radius 3 is 2.86 bits per heavy atom. The normalized spacial score (nSPS) is 21.2. The molecule has 1 aliphatic heterocycles. The van der Waals surface area contributed by atoms with Crippen LogP contribution >= 0.6 is 0 Å². The van der Waals surface area contributed by atoms with Crippen molar-refractivity contribution < 1.29 is 4.79 Å². The van der Waals surface area contributed by atoms with E-state index in [2.05, 4.69) is 11.9 Å². The van der Waals surface area contributed by atoms with Gasteiger partial charge in [0.2, 0.25) is 5.91 Å². The van der Waals surface area contributed by atoms with E-state index >= 15 is 0 Å². The van der Waals surface area contributed by atoms with Crippen LogP contribution in [0.4, 0.5) is 0 Å². The van der Waals surface area contributed by atoms with E-state index in [1.54, 1.807) is 6.08 Å². The van der Waals surface area contributed by atoms with E-state index in [1.807, 2.05) is 18.7 Å². The summed E-state index contributed by atoms with van der Waals surface area (Å²) in [6, 6.07) is 0.292. The second-order valence-electron chi connectivity index (χ2n) is 4.02. The van der Waals surface area contributed by atoms with Gasteiger partial charge in [0.25, 0.3) is 0 Å². The van der Waals surface area contributed by atoms with Crippen molar-refractivity contribution in [2.24, 2.45) is 0 Å². The van der Waals surface area contributed by atoms with Crippen LogP contribution in [-0.4, -0.2) is 36.0 Å². The van der Waals surface area contributed by atoms with Crippen molar-refractivity contribution in [3.8, 4) is 0 Å². The Labute approximate surface area is 86.2 Å². The highest BCUT2D eigenvalue weighted by Crippen LogP contribution is 2.10. The minimum atomic E-state index is 0.0392. The number of amides is 1. The highest BCUT2D eigenvalue weighted by molar-refractivity contribution is 5.82. The summed E-state index contributed by atoms with van der Waals surface area (Å²) in [6.07, 6.45) is 3.86. The van der Waals surface area contributed by atoms with Gasteiger partial charge in [-0.2, -0.15) is 0 Å². The maximum atomic E-state index is 12.0. The van der Waals surface area contributed by atoms with Crippen molar-refractivity contribution in [3.05, 3.63) is 12.7 Å². The lowest BCUT2D eigenvalue weighted by atomic mass is 10.1. The van der Waals surface area contributed by atoms with Crippen LogP contribution in [-0.2, 0) is 4.79 Å². The molecule has 0 unspecified atom stereocenters. The molecule has 1 heterocycles. The zero-order chi connectivity index (χ0) is 10.6. The molecule has 0 radical (unpaired) electrons. The zero-order valence-electron chi connectivity index (χ0n) is 9.12. The Bertz CT molecular complexity index is 207. The van der Waals surface area contributed by atoms with Crippen LogP contribution in [0.2, 0.25) is 0 Å². The minimum Gasteiger partial charge on any atom is -0.335 e. The second kappa shape index (κ2) is 5.15. The molecule has 0 aromatic heterocycles. The van der Waals surface area contributed by atoms with Gasteiger partial charge in [-0.1, -0.05) is 6.08 Å². The van der Waals surface area contributed by atoms with Crippen molar-refractivity contribution >= 4 is 5.91 Å². The molecule has 1 saturated heterocycles. The molecule has 0 bridgehead atoms. The van der Waals surface area contributed by atoms with E-state index in [0.717, 1.165) is 19.4 Å². The third kappa shape index (κ3) is 2.58. The Morgan fingerprint density at radius 2 is 2.43 bits per heavy atom. The highest BCUT2D eigenvalue weighted by atomic mass is 16.2. The smallest absolute Gasteiger partial charge is 0.240 e. The topological polar surface area (TPSA) is 32.3 Å². The van der Waals surface area contributed by atoms with Gasteiger partial charge in [-0.3, -0.25) is 4.79 Å². The largest absolute Gasteiger partial charge is 0.335 e. The Morgan fingerprint density at radius 1 is 1.71 bits per heavy atom. The number of carbonyl (C=O) groups is 1. The first-order chi connectivity index (χ1) is 6.66. The number of hydrogen-bond acceptors (Lipinski definition) is 2. The average molecular weight is 196 g/mol. The third-order valence-corrected chi connectivity index (χ3v) is 2.59. The summed E-state index contributed by atoms with van der Waals surface area (Å²) in [6.45, 7) is 9.37. The predicted molar refractivity (Wildman–Crippen MR) is 58.1 cm³/mol. The van der Waals surface area contributed by atoms with E-state index in [0.29, 0.717) is 6.54 Å². The molecule has 1 amide bonds. The SMILES string of the molecule is C=CCN(C(=O)[C@H]1CCCN1)C(C)C. The van der Waals surface area contributed by atoms with Crippen molar-refractivity contribution in [2.75, 3.05) is 13.1 Å². The predicted octanol–water partition coefficient (Wildman–Crippen LogP) is 1.16. The average Bonchev–Trinajstić information content (AvgIpc) is 2.65. The number of rotatable bonds is 4. The van der Waals surface area contributed by atoms with Crippen molar-refractivity contribution in [3.63, 3.8) is 0 Å². The summed E-state index contributed by atoms with van der Waals surface area (Å²) in [5.41, 5.74) is 0. The molecule has 14 heavy (non-hydrogen) atoms. The van der Waals surface area contributed by atoms with E-state index in [4.69, 9.17) is 0 Å². The van der Waals surface area contributed by atoms with E-state index < -0.39 is 0 Å². The lowest BCUT2D eigenvalue weighted by Gasteiger charge is -2.28. The molecule has 0 aromatic carbocycles. The first-order valence-electron chi connectivity index (χ1n) is 5.31. The number of carbonyl (C=O) groups excluding carboxylic acids is 1. The summed E-state index contributed by atoms with van der Waals surface area (Å²) < 4.78 is 0. The fourth-order valence-electron chi connectivity index (χ4n) is 1.79. The molecule has 1 atom stereocenters. The molecule has 3 heteroatoms. The van der Waals surface area contributed by atoms with Crippen LogP contribution in [0.15, 0.2) is 12.7 Å². The molecule has 1 N–H and O–H groups in total. The van der Waals surface area contributed by atoms with Gasteiger partial charge in [-0.15, -0.1) is 6.58 Å². The molecule has 1 aliphatic rings. The van der Waals surface area contributed by atoms with Crippen LogP contribution in [0.1, 0.15) is 26.7 Å². The van der Waals surface area contributed by atoms with Crippen molar-refractivity contribution in [2.45, 2.75) is 38.8 Å². The molecule has 1 rings (SSSR count). The van der Waals surface area contributed by atoms with E-state index in [9.17, 15) is 4.79 Å². The fraction of sp³-hybridized carbons (Fsp3) is 0.727. The quantitative estimate of drug-likeness (QED) is 0.684. The highest BCUT2D eigenvalue weighted by Gasteiger charge is 2.27. The van der Waals surface area contributed by atoms with E-state index in [1.165, 1.54) is 0 Å². The number of hydrogen-bond donors (Lipinski definition) is 1. The lowest BCUT2D eigenvalue weighted by molar-refractivity contribution is -0.134. The maximum absolute atomic E-state index is 12.0. The molecule has 0 aromatic rings. The first kappa shape index (κ1) is 11.2. The number of nitrogens with zero attached hydrogens (tertiary/aromatic N) is 1. The molecule has 0 saturated carbocycles. The molecule has 3 nitrogen and oxygen atoms in total. The van der Waals surface area contributed by atoms with Gasteiger partial charge in [0.05, 0.1) is 6.04 Å². The van der Waals surface area contributed by atoms with E-state index in [-0.39, 0.29) is 18.0 Å². The summed E-state index contributed by atoms with van der Waals surface area (Å²) in [5, 5.41) is 3.22. The maximum Gasteiger partial charge on any atom is 0.240 e. The molecular weight excluding hydrogens is 176 g/mol. The van der Waals surface area contributed by atoms with Gasteiger partial charge < -0.3 is 10.2 Å². The first-order valence-corrected chi connectivity index (χ1v) is 5.31. The Balaban J connectivity index is 2.57. The van der Waals surface area contributed by atoms with Crippen LogP contribution in [0.5, 0.6) is 0 Å². The minimum absolute atomic E-state index is 0.0392. The van der Waals surface area contributed by atoms with Crippen LogP contribution in [0.25, 0.3) is 0 Å². The number of nitrogens with one attached hydrogen (secondary N) is 1. The van der Waals surface area contributed by atoms with Gasteiger partial charge in [0, 0.05) is 12.6 Å². The van der Waals surface area contributed by atoms with Gasteiger partial charge in [-0.25, -0.2) is 0 Å². The molecule has 0 spiro atoms. The van der Waals surface area contributed by atoms with Crippen molar-refractivity contribution in [1.82, 2.24) is 10.2 Å². The van der Waals surface area contributed by atoms with Gasteiger partial charge in [0.1, 0.15) is 0 Å². The third-order valence-electron chi connectivity index (χ3n) is 2.59. The van der Waals surface area contributed by atoms with Gasteiger partial charge in [0.15, 0.2) is 0 Å². The molecule has 1 fully saturated rings. The monoisotopic (exact) mass is 196 g/mol. The standard InChI is InChI=1S/C11H20N2O/c1-4-8-13(9(2)3)11(14)10-6-5-7-12-10/h4,9-10,12H,1,5-8H2,2-3H3/t10-/m1/s1. The molecule has 0 aliphatic carbocycles. The second-order valence-corrected chi connectivity index (χ2v) is 4.02. The molecular formula is C11H20N2O. The van der Waals surface area contributed by atoms with Crippen LogP contribution in [0.3, 0.4) is 0 Å². The summed E-state index contributed by atoms with van der Waals surface area (Å²) in [4.78, 5) is 13.9. The van der Waals surface area contributed by atoms with Crippen LogP contribution < -0.4 is 5.32 Å². The van der Waals surface area contributed by atoms with Gasteiger partial charge >= 0.3 is 0 Å². The Hall–Kier alpha value is -0.830.